The second kappa shape index (κ2) is 12.0. The molecule has 0 unspecified atom stereocenters. The molecule has 1 fully saturated rings. The van der Waals surface area contributed by atoms with Crippen LogP contribution in [0.25, 0.3) is 0 Å². The van der Waals surface area contributed by atoms with Gasteiger partial charge in [-0.05, 0) is 74.3 Å². The van der Waals surface area contributed by atoms with Gasteiger partial charge in [0.05, 0.1) is 19.8 Å². The third-order valence-electron chi connectivity index (χ3n) is 5.54. The molecular weight excluding hydrogens is 406 g/mol. The molecule has 1 saturated heterocycles. The largest absolute Gasteiger partial charge is 0.494 e. The van der Waals surface area contributed by atoms with Crippen molar-refractivity contribution in [2.45, 2.75) is 33.7 Å². The zero-order chi connectivity index (χ0) is 22.1. The van der Waals surface area contributed by atoms with Crippen molar-refractivity contribution in [3.8, 4) is 5.75 Å². The van der Waals surface area contributed by atoms with Crippen molar-refractivity contribution in [1.82, 2.24) is 9.80 Å². The van der Waals surface area contributed by atoms with Crippen molar-refractivity contribution >= 4 is 23.0 Å². The van der Waals surface area contributed by atoms with Gasteiger partial charge in [-0.25, -0.2) is 0 Å². The lowest BCUT2D eigenvalue weighted by Crippen LogP contribution is -2.40. The molecule has 0 saturated carbocycles. The van der Waals surface area contributed by atoms with Crippen LogP contribution < -0.4 is 10.1 Å². The Morgan fingerprint density at radius 1 is 1.13 bits per heavy atom. The average Bonchev–Trinajstić information content (AvgIpc) is 2.77. The van der Waals surface area contributed by atoms with Gasteiger partial charge in [-0.1, -0.05) is 24.3 Å². The Hall–Kier alpha value is -2.15. The van der Waals surface area contributed by atoms with E-state index in [1.54, 1.807) is 0 Å². The molecule has 6 heteroatoms. The van der Waals surface area contributed by atoms with Crippen LogP contribution in [0.1, 0.15) is 30.0 Å². The van der Waals surface area contributed by atoms with E-state index in [4.69, 9.17) is 21.7 Å². The number of anilines is 1. The minimum absolute atomic E-state index is 0.677. The molecule has 1 aliphatic heterocycles. The summed E-state index contributed by atoms with van der Waals surface area (Å²) in [4.78, 5) is 4.74. The zero-order valence-corrected chi connectivity index (χ0v) is 19.8. The molecule has 1 aliphatic rings. The predicted octanol–water partition coefficient (Wildman–Crippen LogP) is 4.62. The summed E-state index contributed by atoms with van der Waals surface area (Å²) in [5.41, 5.74) is 4.72. The van der Waals surface area contributed by atoms with Gasteiger partial charge in [-0.2, -0.15) is 0 Å². The molecule has 5 nitrogen and oxygen atoms in total. The van der Waals surface area contributed by atoms with Crippen molar-refractivity contribution < 1.29 is 9.47 Å². The summed E-state index contributed by atoms with van der Waals surface area (Å²) in [7, 11) is 0. The third kappa shape index (κ3) is 7.49. The minimum atomic E-state index is 0.677. The van der Waals surface area contributed by atoms with Crippen molar-refractivity contribution in [3.63, 3.8) is 0 Å². The number of hydrogen-bond acceptors (Lipinski definition) is 4. The fraction of sp³-hybridized carbons (Fsp3) is 0.480. The quantitative estimate of drug-likeness (QED) is 0.572. The molecule has 2 aromatic carbocycles. The number of nitrogens with one attached hydrogen (secondary N) is 1. The van der Waals surface area contributed by atoms with Gasteiger partial charge in [0.2, 0.25) is 0 Å². The maximum atomic E-state index is 5.85. The highest BCUT2D eigenvalue weighted by atomic mass is 32.1. The van der Waals surface area contributed by atoms with Crippen LogP contribution in [0.4, 0.5) is 5.69 Å². The highest BCUT2D eigenvalue weighted by Gasteiger charge is 2.14. The molecule has 31 heavy (non-hydrogen) atoms. The Morgan fingerprint density at radius 3 is 2.58 bits per heavy atom. The normalized spacial score (nSPS) is 14.3. The van der Waals surface area contributed by atoms with Crippen LogP contribution in [0.15, 0.2) is 42.5 Å². The van der Waals surface area contributed by atoms with E-state index in [0.29, 0.717) is 6.61 Å². The van der Waals surface area contributed by atoms with E-state index in [9.17, 15) is 0 Å². The lowest BCUT2D eigenvalue weighted by Gasteiger charge is -2.30. The SMILES string of the molecule is CCOc1ccc(CN(CCCN2CCOCC2)C(=S)Nc2cc(C)ccc2C)cc1. The molecule has 1 N–H and O–H groups in total. The predicted molar refractivity (Wildman–Crippen MR) is 132 cm³/mol. The number of morpholine rings is 1. The number of nitrogens with zero attached hydrogens (tertiary/aromatic N) is 2. The number of thiocarbonyl (C=S) groups is 1. The molecule has 0 atom stereocenters. The monoisotopic (exact) mass is 441 g/mol. The second-order valence-corrected chi connectivity index (χ2v) is 8.44. The van der Waals surface area contributed by atoms with Crippen LogP contribution in [0.2, 0.25) is 0 Å². The van der Waals surface area contributed by atoms with Gasteiger partial charge in [-0.3, -0.25) is 4.90 Å². The number of rotatable bonds is 9. The van der Waals surface area contributed by atoms with E-state index in [0.717, 1.165) is 68.9 Å². The minimum Gasteiger partial charge on any atom is -0.494 e. The topological polar surface area (TPSA) is 37.0 Å². The first-order chi connectivity index (χ1) is 15.0. The number of benzene rings is 2. The van der Waals surface area contributed by atoms with Crippen LogP contribution in [-0.4, -0.2) is 60.9 Å². The first kappa shape index (κ1) is 23.5. The van der Waals surface area contributed by atoms with Gasteiger partial charge in [-0.15, -0.1) is 0 Å². The maximum absolute atomic E-state index is 5.85. The molecule has 0 spiro atoms. The smallest absolute Gasteiger partial charge is 0.173 e. The van der Waals surface area contributed by atoms with Crippen LogP contribution in [-0.2, 0) is 11.3 Å². The third-order valence-corrected chi connectivity index (χ3v) is 5.90. The van der Waals surface area contributed by atoms with E-state index in [-0.39, 0.29) is 0 Å². The van der Waals surface area contributed by atoms with Crippen molar-refractivity contribution in [2.24, 2.45) is 0 Å². The Balaban J connectivity index is 1.65. The second-order valence-electron chi connectivity index (χ2n) is 8.05. The highest BCUT2D eigenvalue weighted by Crippen LogP contribution is 2.19. The molecule has 1 heterocycles. The van der Waals surface area contributed by atoms with Gasteiger partial charge in [0, 0.05) is 38.4 Å². The fourth-order valence-electron chi connectivity index (χ4n) is 3.71. The first-order valence-corrected chi connectivity index (χ1v) is 11.6. The summed E-state index contributed by atoms with van der Waals surface area (Å²) in [5.74, 6) is 0.904. The van der Waals surface area contributed by atoms with Gasteiger partial charge >= 0.3 is 0 Å². The molecule has 0 bridgehead atoms. The van der Waals surface area contributed by atoms with Crippen LogP contribution in [0, 0.1) is 13.8 Å². The van der Waals surface area contributed by atoms with Crippen LogP contribution >= 0.6 is 12.2 Å². The highest BCUT2D eigenvalue weighted by molar-refractivity contribution is 7.80. The molecule has 0 aromatic heterocycles. The maximum Gasteiger partial charge on any atom is 0.173 e. The lowest BCUT2D eigenvalue weighted by molar-refractivity contribution is 0.0368. The van der Waals surface area contributed by atoms with Gasteiger partial charge in [0.15, 0.2) is 5.11 Å². The summed E-state index contributed by atoms with van der Waals surface area (Å²) in [5, 5.41) is 4.26. The Kier molecular flexibility index (Phi) is 9.13. The van der Waals surface area contributed by atoms with Gasteiger partial charge < -0.3 is 19.7 Å². The number of ether oxygens (including phenoxy) is 2. The number of hydrogen-bond donors (Lipinski definition) is 1. The molecule has 2 aromatic rings. The molecule has 0 amide bonds. The molecule has 3 rings (SSSR count). The van der Waals surface area contributed by atoms with Crippen molar-refractivity contribution in [2.75, 3.05) is 51.3 Å². The Morgan fingerprint density at radius 2 is 1.87 bits per heavy atom. The Bertz CT molecular complexity index is 835. The standard InChI is InChI=1S/C25H35N3O2S/c1-4-30-23-10-8-22(9-11-23)19-28(13-5-12-27-14-16-29-17-15-27)25(31)26-24-18-20(2)6-7-21(24)3/h6-11,18H,4-5,12-17,19H2,1-3H3,(H,26,31). The van der Waals surface area contributed by atoms with Gasteiger partial charge in [0.25, 0.3) is 0 Å². The molecule has 0 radical (unpaired) electrons. The first-order valence-electron chi connectivity index (χ1n) is 11.2. The van der Waals surface area contributed by atoms with E-state index in [1.165, 1.54) is 16.7 Å². The summed E-state index contributed by atoms with van der Waals surface area (Å²) in [6, 6.07) is 14.7. The lowest BCUT2D eigenvalue weighted by atomic mass is 10.1. The number of aryl methyl sites for hydroxylation is 2. The Labute approximate surface area is 192 Å². The van der Waals surface area contributed by atoms with E-state index in [1.807, 2.05) is 19.1 Å². The summed E-state index contributed by atoms with van der Waals surface area (Å²) in [6.45, 7) is 13.3. The summed E-state index contributed by atoms with van der Waals surface area (Å²) in [6.07, 6.45) is 1.06. The summed E-state index contributed by atoms with van der Waals surface area (Å²) < 4.78 is 11.0. The van der Waals surface area contributed by atoms with E-state index < -0.39 is 0 Å². The van der Waals surface area contributed by atoms with Crippen molar-refractivity contribution in [1.29, 1.82) is 0 Å². The van der Waals surface area contributed by atoms with E-state index >= 15 is 0 Å². The summed E-state index contributed by atoms with van der Waals surface area (Å²) >= 11 is 5.85. The zero-order valence-electron chi connectivity index (χ0n) is 19.0. The average molecular weight is 442 g/mol. The molecular formula is C25H35N3O2S. The van der Waals surface area contributed by atoms with Crippen LogP contribution in [0.5, 0.6) is 5.75 Å². The van der Waals surface area contributed by atoms with Crippen molar-refractivity contribution in [3.05, 3.63) is 59.2 Å². The van der Waals surface area contributed by atoms with Gasteiger partial charge in [0.1, 0.15) is 5.75 Å². The van der Waals surface area contributed by atoms with E-state index in [2.05, 4.69) is 59.3 Å². The molecule has 168 valence electrons. The van der Waals surface area contributed by atoms with Crippen LogP contribution in [0.3, 0.4) is 0 Å². The fourth-order valence-corrected chi connectivity index (χ4v) is 3.97. The molecule has 0 aliphatic carbocycles.